The van der Waals surface area contributed by atoms with Crippen LogP contribution in [0, 0.1) is 0 Å². The lowest BCUT2D eigenvalue weighted by Gasteiger charge is -2.08. The normalized spacial score (nSPS) is 11.4. The molecule has 0 radical (unpaired) electrons. The van der Waals surface area contributed by atoms with E-state index in [2.05, 4.69) is 9.97 Å². The molecule has 3 rings (SSSR count). The largest absolute Gasteiger partial charge is 0.382 e. The average Bonchev–Trinajstić information content (AvgIpc) is 2.78. The number of rotatable bonds is 4. The van der Waals surface area contributed by atoms with Gasteiger partial charge in [-0.25, -0.2) is 9.97 Å². The van der Waals surface area contributed by atoms with Crippen LogP contribution in [0.4, 0.5) is 11.8 Å². The van der Waals surface area contributed by atoms with Crippen molar-refractivity contribution in [3.05, 3.63) is 24.3 Å². The standard InChI is InChI=1S/C14H18N6/c15-7-3-4-8-20-12-9-5-1-2-6-10(9)18-13(16)11(12)19-14(20)17/h1-2,5-6H,3-4,7-8,15H2,(H2,16,18)(H2,17,19). The molecule has 3 aromatic rings. The van der Waals surface area contributed by atoms with Gasteiger partial charge >= 0.3 is 0 Å². The van der Waals surface area contributed by atoms with Gasteiger partial charge in [0, 0.05) is 11.9 Å². The first kappa shape index (κ1) is 12.7. The Balaban J connectivity index is 2.25. The van der Waals surface area contributed by atoms with Crippen molar-refractivity contribution in [3.8, 4) is 0 Å². The molecule has 6 heteroatoms. The van der Waals surface area contributed by atoms with Crippen LogP contribution in [-0.2, 0) is 6.54 Å². The highest BCUT2D eigenvalue weighted by Gasteiger charge is 2.15. The molecule has 2 heterocycles. The van der Waals surface area contributed by atoms with Crippen LogP contribution in [0.15, 0.2) is 24.3 Å². The molecule has 0 aliphatic carbocycles. The molecule has 0 aliphatic heterocycles. The van der Waals surface area contributed by atoms with Crippen LogP contribution >= 0.6 is 0 Å². The predicted molar refractivity (Wildman–Crippen MR) is 82.1 cm³/mol. The van der Waals surface area contributed by atoms with Gasteiger partial charge in [0.05, 0.1) is 11.0 Å². The molecular weight excluding hydrogens is 252 g/mol. The zero-order valence-electron chi connectivity index (χ0n) is 11.2. The SMILES string of the molecule is NCCCCn1c(N)nc2c(N)nc3ccccc3c21. The summed E-state index contributed by atoms with van der Waals surface area (Å²) in [4.78, 5) is 8.74. The first-order valence-corrected chi connectivity index (χ1v) is 6.72. The van der Waals surface area contributed by atoms with E-state index in [0.29, 0.717) is 23.8 Å². The summed E-state index contributed by atoms with van der Waals surface area (Å²) in [5.41, 5.74) is 20.1. The third-order valence-corrected chi connectivity index (χ3v) is 3.48. The summed E-state index contributed by atoms with van der Waals surface area (Å²) in [5, 5.41) is 1.02. The Morgan fingerprint density at radius 2 is 1.85 bits per heavy atom. The van der Waals surface area contributed by atoms with Crippen molar-refractivity contribution in [3.63, 3.8) is 0 Å². The number of nitrogens with zero attached hydrogens (tertiary/aromatic N) is 3. The third kappa shape index (κ3) is 1.94. The molecule has 1 aromatic carbocycles. The number of unbranched alkanes of at least 4 members (excludes halogenated alkanes) is 1. The first-order chi connectivity index (χ1) is 9.72. The fraction of sp³-hybridized carbons (Fsp3) is 0.286. The predicted octanol–water partition coefficient (Wildman–Crippen LogP) is 1.49. The van der Waals surface area contributed by atoms with Crippen LogP contribution in [0.2, 0.25) is 0 Å². The van der Waals surface area contributed by atoms with E-state index in [4.69, 9.17) is 17.2 Å². The van der Waals surface area contributed by atoms with Gasteiger partial charge in [0.15, 0.2) is 5.82 Å². The van der Waals surface area contributed by atoms with E-state index >= 15 is 0 Å². The molecule has 104 valence electrons. The van der Waals surface area contributed by atoms with Gasteiger partial charge in [-0.05, 0) is 25.5 Å². The number of nitrogen functional groups attached to an aromatic ring is 2. The molecule has 20 heavy (non-hydrogen) atoms. The number of imidazole rings is 1. The lowest BCUT2D eigenvalue weighted by molar-refractivity contribution is 0.634. The van der Waals surface area contributed by atoms with E-state index in [0.717, 1.165) is 35.8 Å². The molecule has 0 spiro atoms. The average molecular weight is 270 g/mol. The number of fused-ring (bicyclic) bond motifs is 3. The van der Waals surface area contributed by atoms with Crippen LogP contribution in [0.3, 0.4) is 0 Å². The van der Waals surface area contributed by atoms with Gasteiger partial charge in [-0.3, -0.25) is 0 Å². The molecule has 0 saturated heterocycles. The second-order valence-electron chi connectivity index (χ2n) is 4.83. The zero-order valence-corrected chi connectivity index (χ0v) is 11.2. The van der Waals surface area contributed by atoms with E-state index in [-0.39, 0.29) is 0 Å². The van der Waals surface area contributed by atoms with Crippen LogP contribution < -0.4 is 17.2 Å². The molecule has 0 atom stereocenters. The Bertz CT molecular complexity index is 761. The zero-order chi connectivity index (χ0) is 14.1. The number of para-hydroxylation sites is 1. The monoisotopic (exact) mass is 270 g/mol. The Labute approximate surface area is 116 Å². The second kappa shape index (κ2) is 4.97. The minimum absolute atomic E-state index is 0.419. The van der Waals surface area contributed by atoms with Gasteiger partial charge in [-0.15, -0.1) is 0 Å². The van der Waals surface area contributed by atoms with Crippen LogP contribution in [0.1, 0.15) is 12.8 Å². The van der Waals surface area contributed by atoms with Gasteiger partial charge in [-0.2, -0.15) is 0 Å². The highest BCUT2D eigenvalue weighted by molar-refractivity contribution is 6.07. The number of aromatic nitrogens is 3. The van der Waals surface area contributed by atoms with E-state index in [1.54, 1.807) is 0 Å². The van der Waals surface area contributed by atoms with Crippen molar-refractivity contribution in [1.82, 2.24) is 14.5 Å². The van der Waals surface area contributed by atoms with Crippen molar-refractivity contribution in [2.45, 2.75) is 19.4 Å². The molecule has 2 aromatic heterocycles. The van der Waals surface area contributed by atoms with Crippen LogP contribution in [0.5, 0.6) is 0 Å². The number of hydrogen-bond donors (Lipinski definition) is 3. The molecular formula is C14H18N6. The Hall–Kier alpha value is -2.34. The van der Waals surface area contributed by atoms with Crippen LogP contribution in [-0.4, -0.2) is 21.1 Å². The highest BCUT2D eigenvalue weighted by atomic mass is 15.2. The number of aryl methyl sites for hydroxylation is 1. The smallest absolute Gasteiger partial charge is 0.201 e. The number of anilines is 2. The van der Waals surface area contributed by atoms with Crippen LogP contribution in [0.25, 0.3) is 21.9 Å². The summed E-state index contributed by atoms with van der Waals surface area (Å²) < 4.78 is 2.01. The lowest BCUT2D eigenvalue weighted by Crippen LogP contribution is -2.06. The van der Waals surface area contributed by atoms with Gasteiger partial charge < -0.3 is 21.8 Å². The van der Waals surface area contributed by atoms with Crippen molar-refractivity contribution < 1.29 is 0 Å². The Morgan fingerprint density at radius 3 is 2.65 bits per heavy atom. The number of hydrogen-bond acceptors (Lipinski definition) is 5. The molecule has 0 unspecified atom stereocenters. The molecule has 0 amide bonds. The fourth-order valence-corrected chi connectivity index (χ4v) is 2.52. The maximum Gasteiger partial charge on any atom is 0.201 e. The van der Waals surface area contributed by atoms with Gasteiger partial charge in [0.25, 0.3) is 0 Å². The van der Waals surface area contributed by atoms with Crippen molar-refractivity contribution in [1.29, 1.82) is 0 Å². The Morgan fingerprint density at radius 1 is 1.05 bits per heavy atom. The molecule has 0 saturated carbocycles. The molecule has 6 N–H and O–H groups in total. The van der Waals surface area contributed by atoms with Gasteiger partial charge in [0.2, 0.25) is 5.95 Å². The summed E-state index contributed by atoms with van der Waals surface area (Å²) in [6, 6.07) is 7.88. The van der Waals surface area contributed by atoms with E-state index in [1.807, 2.05) is 28.8 Å². The van der Waals surface area contributed by atoms with E-state index in [1.165, 1.54) is 0 Å². The summed E-state index contributed by atoms with van der Waals surface area (Å²) in [6.45, 7) is 1.46. The summed E-state index contributed by atoms with van der Waals surface area (Å²) >= 11 is 0. The van der Waals surface area contributed by atoms with Gasteiger partial charge in [0.1, 0.15) is 5.52 Å². The lowest BCUT2D eigenvalue weighted by atomic mass is 10.2. The summed E-state index contributed by atoms with van der Waals surface area (Å²) in [6.07, 6.45) is 1.92. The summed E-state index contributed by atoms with van der Waals surface area (Å²) in [7, 11) is 0. The summed E-state index contributed by atoms with van der Waals surface area (Å²) in [5.74, 6) is 0.893. The second-order valence-corrected chi connectivity index (χ2v) is 4.83. The number of benzene rings is 1. The van der Waals surface area contributed by atoms with Gasteiger partial charge in [-0.1, -0.05) is 18.2 Å². The minimum atomic E-state index is 0.419. The maximum absolute atomic E-state index is 6.03. The van der Waals surface area contributed by atoms with E-state index in [9.17, 15) is 0 Å². The number of nitrogens with two attached hydrogens (primary N) is 3. The third-order valence-electron chi connectivity index (χ3n) is 3.48. The van der Waals surface area contributed by atoms with Crippen molar-refractivity contribution in [2.75, 3.05) is 18.0 Å². The molecule has 0 aliphatic rings. The minimum Gasteiger partial charge on any atom is -0.382 e. The quantitative estimate of drug-likeness (QED) is 0.622. The molecule has 6 nitrogen and oxygen atoms in total. The highest BCUT2D eigenvalue weighted by Crippen LogP contribution is 2.29. The van der Waals surface area contributed by atoms with Crippen molar-refractivity contribution >= 4 is 33.7 Å². The van der Waals surface area contributed by atoms with E-state index < -0.39 is 0 Å². The first-order valence-electron chi connectivity index (χ1n) is 6.72. The molecule has 0 bridgehead atoms. The topological polar surface area (TPSA) is 109 Å². The van der Waals surface area contributed by atoms with Crippen molar-refractivity contribution in [2.24, 2.45) is 5.73 Å². The number of pyridine rings is 1. The Kier molecular flexibility index (Phi) is 3.15. The maximum atomic E-state index is 6.03. The fourth-order valence-electron chi connectivity index (χ4n) is 2.52. The molecule has 0 fully saturated rings.